The first-order valence-electron chi connectivity index (χ1n) is 6.95. The number of benzene rings is 1. The van der Waals surface area contributed by atoms with Gasteiger partial charge in [-0.3, -0.25) is 0 Å². The molecule has 96 valence electrons. The maximum atomic E-state index is 2.39. The third kappa shape index (κ3) is 2.73. The van der Waals surface area contributed by atoms with Gasteiger partial charge in [-0.1, -0.05) is 65.3 Å². The zero-order valence-electron chi connectivity index (χ0n) is 12.6. The Labute approximate surface area is 107 Å². The maximum Gasteiger partial charge on any atom is -0.0100 e. The van der Waals surface area contributed by atoms with Crippen molar-refractivity contribution in [1.82, 2.24) is 0 Å². The molecular formula is C17H28. The largest absolute Gasteiger partial charge is 0.0683 e. The number of rotatable bonds is 0. The fourth-order valence-corrected chi connectivity index (χ4v) is 2.70. The van der Waals surface area contributed by atoms with Gasteiger partial charge in [0.05, 0.1) is 0 Å². The van der Waals surface area contributed by atoms with Gasteiger partial charge in [-0.05, 0) is 41.7 Å². The molecular weight excluding hydrogens is 204 g/mol. The second kappa shape index (κ2) is 4.84. The Morgan fingerprint density at radius 3 is 1.82 bits per heavy atom. The maximum absolute atomic E-state index is 2.39. The molecule has 1 aromatic rings. The Bertz CT molecular complexity index is 383. The summed E-state index contributed by atoms with van der Waals surface area (Å²) >= 11 is 0. The fraction of sp³-hybridized carbons (Fsp3) is 0.647. The van der Waals surface area contributed by atoms with Crippen LogP contribution in [-0.2, 0) is 10.8 Å². The molecule has 1 aliphatic carbocycles. The van der Waals surface area contributed by atoms with Gasteiger partial charge >= 0.3 is 0 Å². The molecule has 0 radical (unpaired) electrons. The molecule has 0 saturated heterocycles. The Hall–Kier alpha value is -0.780. The zero-order chi connectivity index (χ0) is 13.3. The molecule has 0 heterocycles. The summed E-state index contributed by atoms with van der Waals surface area (Å²) in [5.41, 5.74) is 5.23. The van der Waals surface area contributed by atoms with Gasteiger partial charge in [0, 0.05) is 0 Å². The van der Waals surface area contributed by atoms with Crippen LogP contribution in [0, 0.1) is 6.92 Å². The number of fused-ring (bicyclic) bond motifs is 1. The second-order valence-corrected chi connectivity index (χ2v) is 6.32. The van der Waals surface area contributed by atoms with E-state index < -0.39 is 0 Å². The lowest BCUT2D eigenvalue weighted by Crippen LogP contribution is -2.33. The van der Waals surface area contributed by atoms with Crippen molar-refractivity contribution in [2.75, 3.05) is 0 Å². The lowest BCUT2D eigenvalue weighted by Gasteiger charge is -2.42. The van der Waals surface area contributed by atoms with Gasteiger partial charge in [0.1, 0.15) is 0 Å². The molecule has 0 unspecified atom stereocenters. The van der Waals surface area contributed by atoms with Gasteiger partial charge in [0.15, 0.2) is 0 Å². The predicted octanol–water partition coefficient (Wildman–Crippen LogP) is 5.37. The van der Waals surface area contributed by atoms with E-state index in [2.05, 4.69) is 52.8 Å². The van der Waals surface area contributed by atoms with E-state index >= 15 is 0 Å². The molecule has 0 fully saturated rings. The van der Waals surface area contributed by atoms with Gasteiger partial charge in [-0.2, -0.15) is 0 Å². The van der Waals surface area contributed by atoms with E-state index in [-0.39, 0.29) is 0 Å². The molecule has 0 N–H and O–H groups in total. The molecule has 0 bridgehead atoms. The number of hydrogen-bond acceptors (Lipinski definition) is 0. The molecule has 1 aliphatic rings. The first-order valence-corrected chi connectivity index (χ1v) is 6.95. The van der Waals surface area contributed by atoms with Crippen LogP contribution in [-0.4, -0.2) is 0 Å². The minimum absolute atomic E-state index is 0.358. The summed E-state index contributed by atoms with van der Waals surface area (Å²) in [6, 6.07) is 6.98. The third-order valence-corrected chi connectivity index (χ3v) is 4.01. The van der Waals surface area contributed by atoms with Gasteiger partial charge in [0.2, 0.25) is 0 Å². The Balaban J connectivity index is 0.000000686. The molecule has 17 heavy (non-hydrogen) atoms. The summed E-state index contributed by atoms with van der Waals surface area (Å²) in [5, 5.41) is 0. The van der Waals surface area contributed by atoms with E-state index in [9.17, 15) is 0 Å². The highest BCUT2D eigenvalue weighted by atomic mass is 14.4. The third-order valence-electron chi connectivity index (χ3n) is 4.01. The summed E-state index contributed by atoms with van der Waals surface area (Å²) in [6.07, 6.45) is 2.60. The minimum atomic E-state index is 0.358. The topological polar surface area (TPSA) is 0 Å². The highest BCUT2D eigenvalue weighted by Gasteiger charge is 2.36. The summed E-state index contributed by atoms with van der Waals surface area (Å²) in [4.78, 5) is 0. The predicted molar refractivity (Wildman–Crippen MR) is 77.8 cm³/mol. The number of hydrogen-bond donors (Lipinski definition) is 0. The molecule has 0 atom stereocenters. The molecule has 0 saturated carbocycles. The van der Waals surface area contributed by atoms with Crippen molar-refractivity contribution < 1.29 is 0 Å². The van der Waals surface area contributed by atoms with E-state index in [0.717, 1.165) is 0 Å². The first kappa shape index (κ1) is 14.3. The minimum Gasteiger partial charge on any atom is -0.0683 e. The first-order chi connectivity index (χ1) is 7.83. The van der Waals surface area contributed by atoms with Crippen LogP contribution in [0.15, 0.2) is 18.2 Å². The van der Waals surface area contributed by atoms with Gasteiger partial charge in [-0.25, -0.2) is 0 Å². The van der Waals surface area contributed by atoms with E-state index in [0.29, 0.717) is 10.8 Å². The lowest BCUT2D eigenvalue weighted by molar-refractivity contribution is 0.331. The van der Waals surface area contributed by atoms with Crippen LogP contribution < -0.4 is 0 Å². The fourth-order valence-electron chi connectivity index (χ4n) is 2.70. The molecule has 0 nitrogen and oxygen atoms in total. The quantitative estimate of drug-likeness (QED) is 0.564. The van der Waals surface area contributed by atoms with Crippen LogP contribution in [0.25, 0.3) is 0 Å². The zero-order valence-corrected chi connectivity index (χ0v) is 12.6. The van der Waals surface area contributed by atoms with E-state index in [1.165, 1.54) is 18.4 Å². The number of aryl methyl sites for hydroxylation is 1. The molecule has 0 amide bonds. The highest BCUT2D eigenvalue weighted by molar-refractivity contribution is 5.43. The van der Waals surface area contributed by atoms with Crippen molar-refractivity contribution in [3.63, 3.8) is 0 Å². The molecule has 1 aromatic carbocycles. The highest BCUT2D eigenvalue weighted by Crippen LogP contribution is 2.45. The van der Waals surface area contributed by atoms with Gasteiger partial charge < -0.3 is 0 Å². The van der Waals surface area contributed by atoms with Gasteiger partial charge in [0.25, 0.3) is 0 Å². The van der Waals surface area contributed by atoms with E-state index in [1.807, 2.05) is 13.8 Å². The van der Waals surface area contributed by atoms with Crippen LogP contribution in [0.1, 0.15) is 71.1 Å². The summed E-state index contributed by atoms with van der Waals surface area (Å²) < 4.78 is 0. The van der Waals surface area contributed by atoms with Crippen LogP contribution in [0.4, 0.5) is 0 Å². The standard InChI is InChI=1S/C15H22.C2H6/c1-11-6-7-12-13(10-11)15(4,5)9-8-14(12,2)3;1-2/h6-7,10H,8-9H2,1-5H3;1-2H3. The average Bonchev–Trinajstić information content (AvgIpc) is 2.28. The van der Waals surface area contributed by atoms with Crippen molar-refractivity contribution in [3.8, 4) is 0 Å². The van der Waals surface area contributed by atoms with Crippen molar-refractivity contribution in [1.29, 1.82) is 0 Å². The molecule has 0 aliphatic heterocycles. The molecule has 0 aromatic heterocycles. The van der Waals surface area contributed by atoms with Crippen molar-refractivity contribution in [2.45, 2.75) is 72.1 Å². The van der Waals surface area contributed by atoms with Crippen LogP contribution in [0.3, 0.4) is 0 Å². The summed E-state index contributed by atoms with van der Waals surface area (Å²) in [5.74, 6) is 0. The molecule has 0 heteroatoms. The van der Waals surface area contributed by atoms with Gasteiger partial charge in [-0.15, -0.1) is 0 Å². The van der Waals surface area contributed by atoms with Crippen molar-refractivity contribution >= 4 is 0 Å². The SMILES string of the molecule is CC.Cc1ccc2c(c1)C(C)(C)CCC2(C)C. The molecule has 0 spiro atoms. The lowest BCUT2D eigenvalue weighted by atomic mass is 9.63. The Morgan fingerprint density at radius 1 is 0.824 bits per heavy atom. The van der Waals surface area contributed by atoms with E-state index in [1.54, 1.807) is 11.1 Å². The molecule has 2 rings (SSSR count). The van der Waals surface area contributed by atoms with Crippen LogP contribution in [0.5, 0.6) is 0 Å². The summed E-state index contributed by atoms with van der Waals surface area (Å²) in [6.45, 7) is 15.7. The smallest absolute Gasteiger partial charge is 0.0100 e. The Morgan fingerprint density at radius 2 is 1.29 bits per heavy atom. The normalized spacial score (nSPS) is 19.9. The summed E-state index contributed by atoms with van der Waals surface area (Å²) in [7, 11) is 0. The van der Waals surface area contributed by atoms with Crippen LogP contribution >= 0.6 is 0 Å². The van der Waals surface area contributed by atoms with E-state index in [4.69, 9.17) is 0 Å². The Kier molecular flexibility index (Phi) is 4.06. The van der Waals surface area contributed by atoms with Crippen LogP contribution in [0.2, 0.25) is 0 Å². The second-order valence-electron chi connectivity index (χ2n) is 6.32. The van der Waals surface area contributed by atoms with Crippen molar-refractivity contribution in [3.05, 3.63) is 34.9 Å². The average molecular weight is 232 g/mol. The monoisotopic (exact) mass is 232 g/mol. The van der Waals surface area contributed by atoms with Crippen molar-refractivity contribution in [2.24, 2.45) is 0 Å².